The number of fused-ring (bicyclic) bond motifs is 2. The average Bonchev–Trinajstić information content (AvgIpc) is 4.17. The van der Waals surface area contributed by atoms with Crippen molar-refractivity contribution in [1.82, 2.24) is 47.0 Å². The number of carbonyl (C=O) groups is 9. The third-order valence-electron chi connectivity index (χ3n) is 16.0. The number of benzene rings is 2. The maximum Gasteiger partial charge on any atom is 0.246 e. The average molecular weight is 1100 g/mol. The lowest BCUT2D eigenvalue weighted by Crippen LogP contribution is -2.62. The van der Waals surface area contributed by atoms with E-state index < -0.39 is 108 Å². The molecule has 0 spiro atoms. The van der Waals surface area contributed by atoms with Gasteiger partial charge in [0.15, 0.2) is 0 Å². The normalized spacial score (nSPS) is 27.2. The molecule has 3 aliphatic rings. The van der Waals surface area contributed by atoms with Crippen LogP contribution >= 0.6 is 0 Å². The Morgan fingerprint density at radius 3 is 1.34 bits per heavy atom. The van der Waals surface area contributed by atoms with E-state index in [9.17, 15) is 43.2 Å². The second-order valence-corrected chi connectivity index (χ2v) is 23.7. The minimum atomic E-state index is -1.12. The zero-order chi connectivity index (χ0) is 57.9. The summed E-state index contributed by atoms with van der Waals surface area (Å²) >= 11 is 0. The Balaban J connectivity index is 1.51. The van der Waals surface area contributed by atoms with E-state index >= 15 is 0 Å². The van der Waals surface area contributed by atoms with Crippen LogP contribution in [-0.4, -0.2) is 130 Å². The highest BCUT2D eigenvalue weighted by Gasteiger charge is 2.45. The van der Waals surface area contributed by atoms with Crippen LogP contribution in [0, 0.1) is 29.6 Å². The lowest BCUT2D eigenvalue weighted by molar-refractivity contribution is -0.148. The Bertz CT molecular complexity index is 2370. The molecule has 0 saturated carbocycles. The first kappa shape index (κ1) is 63.5. The number of nitrogens with one attached hydrogen (secondary N) is 7. The lowest BCUT2D eigenvalue weighted by Gasteiger charge is -2.35. The largest absolute Gasteiger partial charge is 0.353 e. The second-order valence-electron chi connectivity index (χ2n) is 23.7. The molecule has 3 saturated heterocycles. The van der Waals surface area contributed by atoms with Gasteiger partial charge in [-0.05, 0) is 105 Å². The molecule has 0 unspecified atom stereocenters. The molecule has 79 heavy (non-hydrogen) atoms. The molecule has 0 aromatic heterocycles. The van der Waals surface area contributed by atoms with E-state index in [0.29, 0.717) is 57.9 Å². The van der Waals surface area contributed by atoms with Gasteiger partial charge in [0.25, 0.3) is 0 Å². The van der Waals surface area contributed by atoms with Gasteiger partial charge < -0.3 is 47.0 Å². The summed E-state index contributed by atoms with van der Waals surface area (Å²) in [5.74, 6) is -5.44. The molecule has 0 bridgehead atoms. The van der Waals surface area contributed by atoms with Crippen molar-refractivity contribution in [1.29, 1.82) is 0 Å². The maximum atomic E-state index is 14.7. The molecule has 7 N–H and O–H groups in total. The summed E-state index contributed by atoms with van der Waals surface area (Å²) in [5, 5.41) is 21.0. The van der Waals surface area contributed by atoms with Gasteiger partial charge in [-0.3, -0.25) is 43.2 Å². The summed E-state index contributed by atoms with van der Waals surface area (Å²) in [5.41, 5.74) is 1.91. The number of carbonyl (C=O) groups excluding carboxylic acids is 9. The predicted octanol–water partition coefficient (Wildman–Crippen LogP) is 5.26. The molecule has 18 nitrogen and oxygen atoms in total. The summed E-state index contributed by atoms with van der Waals surface area (Å²) in [7, 11) is 0. The van der Waals surface area contributed by atoms with Crippen LogP contribution in [0.3, 0.4) is 0 Å². The fourth-order valence-corrected chi connectivity index (χ4v) is 11.0. The van der Waals surface area contributed by atoms with Crippen LogP contribution < -0.4 is 37.2 Å². The first-order valence-corrected chi connectivity index (χ1v) is 29.4. The van der Waals surface area contributed by atoms with Gasteiger partial charge in [-0.2, -0.15) is 0 Å². The summed E-state index contributed by atoms with van der Waals surface area (Å²) < 4.78 is 0. The number of rotatable bonds is 13. The van der Waals surface area contributed by atoms with Crippen molar-refractivity contribution in [3.8, 4) is 0 Å². The number of nitrogens with zero attached hydrogens (tertiary/aromatic N) is 2. The fourth-order valence-electron chi connectivity index (χ4n) is 11.0. The van der Waals surface area contributed by atoms with Crippen molar-refractivity contribution in [3.05, 3.63) is 71.8 Å². The number of amides is 9. The predicted molar refractivity (Wildman–Crippen MR) is 304 cm³/mol. The van der Waals surface area contributed by atoms with Crippen LogP contribution in [0.25, 0.3) is 0 Å². The Hall–Kier alpha value is -6.33. The van der Waals surface area contributed by atoms with Crippen molar-refractivity contribution in [2.24, 2.45) is 29.6 Å². The van der Waals surface area contributed by atoms with Crippen molar-refractivity contribution in [2.75, 3.05) is 13.1 Å². The zero-order valence-electron chi connectivity index (χ0n) is 48.7. The fraction of sp³-hybridized carbons (Fsp3) is 0.656. The standard InChI is InChI=1S/C61H93N9O9/c1-11-40(9)53-58(76)65-47(34-38(5)6)56(74)66-52(39(7)8)61(79)70-32-20-26-49(70)60(78)69-31-19-25-48(69)57(75)63-45(36-43-23-17-14-18-24-43)28-29-50(71)62-44(35-42-21-15-13-16-22-42)27-30-51(72)64-46(33-37(3)4)55(73)67-54(41(10)12-2)59(77)68-53/h13-18,21-24,37-41,44-49,52-54H,11-12,19-20,25-36H2,1-10H3,(H,62,71)(H,63,75)(H,64,72)(H,65,76)(H,66,74)(H,67,73)(H,68,77)/t40-,41-,44-,45-,46-,47-,48-,49-,52-,53-,54-/m0/s1. The Labute approximate surface area is 469 Å². The third kappa shape index (κ3) is 18.9. The van der Waals surface area contributed by atoms with Gasteiger partial charge in [0.05, 0.1) is 0 Å². The van der Waals surface area contributed by atoms with E-state index in [1.165, 1.54) is 4.90 Å². The molecule has 0 aliphatic carbocycles. The van der Waals surface area contributed by atoms with Gasteiger partial charge in [0, 0.05) is 38.0 Å². The molecular weight excluding hydrogens is 1000 g/mol. The molecule has 18 heteroatoms. The summed E-state index contributed by atoms with van der Waals surface area (Å²) in [6, 6.07) is 11.3. The number of hydrogen-bond donors (Lipinski definition) is 7. The minimum Gasteiger partial charge on any atom is -0.353 e. The molecule has 0 radical (unpaired) electrons. The molecule has 3 heterocycles. The molecule has 3 aliphatic heterocycles. The highest BCUT2D eigenvalue weighted by molar-refractivity contribution is 5.98. The summed E-state index contributed by atoms with van der Waals surface area (Å²) in [6.07, 6.45) is 4.79. The molecular formula is C61H93N9O9. The van der Waals surface area contributed by atoms with Crippen molar-refractivity contribution >= 4 is 53.2 Å². The van der Waals surface area contributed by atoms with Gasteiger partial charge in [-0.25, -0.2) is 0 Å². The van der Waals surface area contributed by atoms with Crippen molar-refractivity contribution < 1.29 is 43.2 Å². The van der Waals surface area contributed by atoms with Crippen molar-refractivity contribution in [3.63, 3.8) is 0 Å². The summed E-state index contributed by atoms with van der Waals surface area (Å²) in [4.78, 5) is 133. The van der Waals surface area contributed by atoms with E-state index in [0.717, 1.165) is 11.1 Å². The van der Waals surface area contributed by atoms with Gasteiger partial charge >= 0.3 is 0 Å². The molecule has 11 atom stereocenters. The lowest BCUT2D eigenvalue weighted by atomic mass is 9.93. The van der Waals surface area contributed by atoms with Crippen LogP contribution in [0.5, 0.6) is 0 Å². The smallest absolute Gasteiger partial charge is 0.246 e. The van der Waals surface area contributed by atoms with Gasteiger partial charge in [0.1, 0.15) is 42.3 Å². The van der Waals surface area contributed by atoms with Crippen molar-refractivity contribution in [2.45, 2.75) is 214 Å². The third-order valence-corrected chi connectivity index (χ3v) is 16.0. The van der Waals surface area contributed by atoms with E-state index in [1.54, 1.807) is 18.7 Å². The van der Waals surface area contributed by atoms with E-state index in [2.05, 4.69) is 37.2 Å². The molecule has 3 fully saturated rings. The molecule has 2 aromatic carbocycles. The highest BCUT2D eigenvalue weighted by Crippen LogP contribution is 2.27. The minimum absolute atomic E-state index is 0.0232. The number of hydrogen-bond acceptors (Lipinski definition) is 9. The molecule has 436 valence electrons. The van der Waals surface area contributed by atoms with E-state index in [1.807, 2.05) is 116 Å². The van der Waals surface area contributed by atoms with Crippen LogP contribution in [0.15, 0.2) is 60.7 Å². The van der Waals surface area contributed by atoms with Crippen LogP contribution in [-0.2, 0) is 56.0 Å². The SMILES string of the molecule is CC[C@H](C)[C@@H]1NC(=O)[C@H](CC(C)C)NC(=O)CC[C@@H](Cc2ccccc2)NC(=O)CC[C@@H](Cc2ccccc2)NC(=O)[C@@H]2CCCN2C(=O)[C@@H]2CCCN2C(=O)[C@H](C(C)C)NC(=O)[C@H](CC(C)C)NC(=O)[C@H]([C@@H](C)CC)NC1=O. The molecule has 2 aromatic rings. The van der Waals surface area contributed by atoms with Gasteiger partial charge in [0.2, 0.25) is 53.2 Å². The topological polar surface area (TPSA) is 244 Å². The van der Waals surface area contributed by atoms with Crippen LogP contribution in [0.1, 0.15) is 157 Å². The second kappa shape index (κ2) is 30.9. The van der Waals surface area contributed by atoms with Crippen LogP contribution in [0.2, 0.25) is 0 Å². The van der Waals surface area contributed by atoms with Gasteiger partial charge in [-0.1, -0.05) is 143 Å². The Morgan fingerprint density at radius 1 is 0.443 bits per heavy atom. The summed E-state index contributed by atoms with van der Waals surface area (Å²) in [6.45, 7) is 19.3. The van der Waals surface area contributed by atoms with E-state index in [4.69, 9.17) is 0 Å². The quantitative estimate of drug-likeness (QED) is 0.138. The Morgan fingerprint density at radius 2 is 0.861 bits per heavy atom. The molecule has 9 amide bonds. The molecule has 5 rings (SSSR count). The monoisotopic (exact) mass is 1100 g/mol. The zero-order valence-corrected chi connectivity index (χ0v) is 48.7. The maximum absolute atomic E-state index is 14.7. The highest BCUT2D eigenvalue weighted by atomic mass is 16.2. The first-order valence-electron chi connectivity index (χ1n) is 29.4. The van der Waals surface area contributed by atoms with Crippen LogP contribution in [0.4, 0.5) is 0 Å². The van der Waals surface area contributed by atoms with Gasteiger partial charge in [-0.15, -0.1) is 0 Å². The Kier molecular flexibility index (Phi) is 24.8. The first-order chi connectivity index (χ1) is 37.6. The van der Waals surface area contributed by atoms with E-state index in [-0.39, 0.29) is 74.6 Å².